The molecule has 0 aromatic heterocycles. The van der Waals surface area contributed by atoms with Gasteiger partial charge in [-0.3, -0.25) is 4.72 Å². The van der Waals surface area contributed by atoms with Crippen molar-refractivity contribution >= 4 is 15.7 Å². The first kappa shape index (κ1) is 13.8. The Hall–Kier alpha value is -1.27. The van der Waals surface area contributed by atoms with Gasteiger partial charge in [-0.2, -0.15) is 0 Å². The van der Waals surface area contributed by atoms with E-state index in [2.05, 4.69) is 4.72 Å². The number of rotatable bonds is 6. The molecule has 0 bridgehead atoms. The second-order valence-electron chi connectivity index (χ2n) is 3.84. The quantitative estimate of drug-likeness (QED) is 0.805. The van der Waals surface area contributed by atoms with E-state index < -0.39 is 16.6 Å². The Morgan fingerprint density at radius 1 is 1.29 bits per heavy atom. The van der Waals surface area contributed by atoms with Gasteiger partial charge in [-0.05, 0) is 38.1 Å². The molecule has 0 heterocycles. The molecule has 0 atom stereocenters. The van der Waals surface area contributed by atoms with E-state index in [0.29, 0.717) is 11.4 Å². The second kappa shape index (κ2) is 5.88. The van der Waals surface area contributed by atoms with Crippen LogP contribution in [0, 0.1) is 0 Å². The van der Waals surface area contributed by atoms with Gasteiger partial charge in [0, 0.05) is 5.69 Å². The summed E-state index contributed by atoms with van der Waals surface area (Å²) < 4.78 is 30.5. The fraction of sp³-hybridized carbons (Fsp3) is 0.455. The van der Waals surface area contributed by atoms with Crippen molar-refractivity contribution in [2.45, 2.75) is 20.0 Å². The Kier molecular flexibility index (Phi) is 4.77. The lowest BCUT2D eigenvalue weighted by atomic mass is 10.3. The largest absolute Gasteiger partial charge is 0.491 e. The van der Waals surface area contributed by atoms with E-state index in [0.717, 1.165) is 0 Å². The molecule has 96 valence electrons. The normalized spacial score (nSPS) is 11.5. The smallest absolute Gasteiger partial charge is 0.234 e. The van der Waals surface area contributed by atoms with Crippen LogP contribution in [0.15, 0.2) is 24.3 Å². The van der Waals surface area contributed by atoms with Gasteiger partial charge in [0.2, 0.25) is 10.0 Å². The average molecular weight is 259 g/mol. The first-order chi connectivity index (χ1) is 7.93. The van der Waals surface area contributed by atoms with Crippen molar-refractivity contribution in [1.29, 1.82) is 0 Å². The SMILES string of the molecule is CC(C)Oc1ccc(NS(=O)(=O)CCO)cc1. The third kappa shape index (κ3) is 5.06. The molecule has 0 aliphatic carbocycles. The summed E-state index contributed by atoms with van der Waals surface area (Å²) in [5.74, 6) is 0.377. The van der Waals surface area contributed by atoms with Gasteiger partial charge in [-0.1, -0.05) is 0 Å². The third-order valence-electron chi connectivity index (χ3n) is 1.86. The maximum atomic E-state index is 11.4. The number of ether oxygens (including phenoxy) is 1. The highest BCUT2D eigenvalue weighted by molar-refractivity contribution is 7.92. The molecule has 0 amide bonds. The molecule has 1 rings (SSSR count). The summed E-state index contributed by atoms with van der Waals surface area (Å²) in [4.78, 5) is 0. The summed E-state index contributed by atoms with van der Waals surface area (Å²) >= 11 is 0. The molecule has 0 saturated carbocycles. The van der Waals surface area contributed by atoms with Crippen molar-refractivity contribution in [3.05, 3.63) is 24.3 Å². The lowest BCUT2D eigenvalue weighted by Crippen LogP contribution is -2.18. The lowest BCUT2D eigenvalue weighted by molar-refractivity contribution is 0.242. The van der Waals surface area contributed by atoms with Crippen molar-refractivity contribution in [1.82, 2.24) is 0 Å². The Morgan fingerprint density at radius 2 is 1.88 bits per heavy atom. The molecule has 0 aliphatic heterocycles. The molecule has 0 aliphatic rings. The number of aliphatic hydroxyl groups is 1. The molecular formula is C11H17NO4S. The molecular weight excluding hydrogens is 242 g/mol. The second-order valence-corrected chi connectivity index (χ2v) is 5.68. The number of benzene rings is 1. The standard InChI is InChI=1S/C11H17NO4S/c1-9(2)16-11-5-3-10(4-6-11)12-17(14,15)8-7-13/h3-6,9,12-13H,7-8H2,1-2H3. The summed E-state index contributed by atoms with van der Waals surface area (Å²) in [5, 5.41) is 8.58. The monoisotopic (exact) mass is 259 g/mol. The zero-order chi connectivity index (χ0) is 12.9. The molecule has 0 unspecified atom stereocenters. The van der Waals surface area contributed by atoms with Gasteiger partial charge in [0.15, 0.2) is 0 Å². The lowest BCUT2D eigenvalue weighted by Gasteiger charge is -2.11. The fourth-order valence-electron chi connectivity index (χ4n) is 1.22. The molecule has 1 aromatic rings. The summed E-state index contributed by atoms with van der Waals surface area (Å²) in [6.45, 7) is 3.43. The zero-order valence-corrected chi connectivity index (χ0v) is 10.7. The van der Waals surface area contributed by atoms with Crippen molar-refractivity contribution in [3.8, 4) is 5.75 Å². The highest BCUT2D eigenvalue weighted by atomic mass is 32.2. The van der Waals surface area contributed by atoms with E-state index in [-0.39, 0.29) is 11.9 Å². The highest BCUT2D eigenvalue weighted by Gasteiger charge is 2.09. The Morgan fingerprint density at radius 3 is 2.35 bits per heavy atom. The van der Waals surface area contributed by atoms with E-state index >= 15 is 0 Å². The van der Waals surface area contributed by atoms with E-state index in [1.807, 2.05) is 13.8 Å². The molecule has 0 saturated heterocycles. The van der Waals surface area contributed by atoms with E-state index in [1.54, 1.807) is 24.3 Å². The minimum absolute atomic E-state index is 0.0759. The highest BCUT2D eigenvalue weighted by Crippen LogP contribution is 2.17. The van der Waals surface area contributed by atoms with E-state index in [4.69, 9.17) is 9.84 Å². The molecule has 6 heteroatoms. The summed E-state index contributed by atoms with van der Waals surface area (Å²) in [6, 6.07) is 6.62. The average Bonchev–Trinajstić information content (AvgIpc) is 2.19. The van der Waals surface area contributed by atoms with Crippen molar-refractivity contribution in [2.24, 2.45) is 0 Å². The van der Waals surface area contributed by atoms with Gasteiger partial charge in [-0.15, -0.1) is 0 Å². The summed E-state index contributed by atoms with van der Waals surface area (Å²) in [5.41, 5.74) is 0.453. The molecule has 2 N–H and O–H groups in total. The van der Waals surface area contributed by atoms with E-state index in [1.165, 1.54) is 0 Å². The van der Waals surface area contributed by atoms with Crippen LogP contribution in [0.25, 0.3) is 0 Å². The number of aliphatic hydroxyl groups excluding tert-OH is 1. The summed E-state index contributed by atoms with van der Waals surface area (Å²) in [6.07, 6.45) is 0.0759. The first-order valence-corrected chi connectivity index (χ1v) is 6.96. The number of nitrogens with one attached hydrogen (secondary N) is 1. The predicted octanol–water partition coefficient (Wildman–Crippen LogP) is 1.21. The van der Waals surface area contributed by atoms with Crippen LogP contribution in [0.1, 0.15) is 13.8 Å². The predicted molar refractivity (Wildman–Crippen MR) is 66.7 cm³/mol. The molecule has 5 nitrogen and oxygen atoms in total. The van der Waals surface area contributed by atoms with Crippen molar-refractivity contribution < 1.29 is 18.3 Å². The van der Waals surface area contributed by atoms with Crippen LogP contribution in [0.3, 0.4) is 0 Å². The van der Waals surface area contributed by atoms with Gasteiger partial charge < -0.3 is 9.84 Å². The Balaban J connectivity index is 2.68. The maximum absolute atomic E-state index is 11.4. The van der Waals surface area contributed by atoms with Crippen LogP contribution in [0.4, 0.5) is 5.69 Å². The van der Waals surface area contributed by atoms with Crippen molar-refractivity contribution in [3.63, 3.8) is 0 Å². The number of sulfonamides is 1. The van der Waals surface area contributed by atoms with Crippen molar-refractivity contribution in [2.75, 3.05) is 17.1 Å². The van der Waals surface area contributed by atoms with Gasteiger partial charge >= 0.3 is 0 Å². The van der Waals surface area contributed by atoms with Crippen LogP contribution >= 0.6 is 0 Å². The van der Waals surface area contributed by atoms with Crippen LogP contribution in [-0.2, 0) is 10.0 Å². The molecule has 17 heavy (non-hydrogen) atoms. The zero-order valence-electron chi connectivity index (χ0n) is 9.88. The minimum atomic E-state index is -3.46. The van der Waals surface area contributed by atoms with Crippen LogP contribution in [0.5, 0.6) is 5.75 Å². The maximum Gasteiger partial charge on any atom is 0.234 e. The van der Waals surface area contributed by atoms with Crippen LogP contribution in [0.2, 0.25) is 0 Å². The number of hydrogen-bond acceptors (Lipinski definition) is 4. The van der Waals surface area contributed by atoms with Crippen LogP contribution in [-0.4, -0.2) is 32.0 Å². The van der Waals surface area contributed by atoms with Gasteiger partial charge in [0.25, 0.3) is 0 Å². The van der Waals surface area contributed by atoms with Gasteiger partial charge in [0.05, 0.1) is 18.5 Å². The first-order valence-electron chi connectivity index (χ1n) is 5.31. The Labute approximate surface area is 101 Å². The summed E-state index contributed by atoms with van der Waals surface area (Å²) in [7, 11) is -3.46. The van der Waals surface area contributed by atoms with Gasteiger partial charge in [0.1, 0.15) is 5.75 Å². The van der Waals surface area contributed by atoms with E-state index in [9.17, 15) is 8.42 Å². The fourth-order valence-corrected chi connectivity index (χ4v) is 2.06. The molecule has 0 radical (unpaired) electrons. The topological polar surface area (TPSA) is 75.6 Å². The third-order valence-corrected chi connectivity index (χ3v) is 3.13. The molecule has 0 spiro atoms. The molecule has 0 fully saturated rings. The van der Waals surface area contributed by atoms with Gasteiger partial charge in [-0.25, -0.2) is 8.42 Å². The number of hydrogen-bond donors (Lipinski definition) is 2. The molecule has 1 aromatic carbocycles. The minimum Gasteiger partial charge on any atom is -0.491 e. The number of anilines is 1. The van der Waals surface area contributed by atoms with Crippen LogP contribution < -0.4 is 9.46 Å². The Bertz CT molecular complexity index is 439.